The number of carbonyl (C=O) groups excluding carboxylic acids is 2. The molecule has 0 saturated heterocycles. The number of carbonyl (C=O) groups is 3. The van der Waals surface area contributed by atoms with E-state index >= 15 is 0 Å². The molecule has 1 aromatic carbocycles. The minimum Gasteiger partial charge on any atom is -0.481 e. The van der Waals surface area contributed by atoms with Crippen LogP contribution in [-0.2, 0) is 9.59 Å². The molecule has 4 heteroatoms. The predicted octanol–water partition coefficient (Wildman–Crippen LogP) is 2.86. The van der Waals surface area contributed by atoms with Gasteiger partial charge in [0.25, 0.3) is 0 Å². The smallest absolute Gasteiger partial charge is 0.306 e. The lowest BCUT2D eigenvalue weighted by molar-refractivity contribution is -0.141. The van der Waals surface area contributed by atoms with Crippen LogP contribution in [0.3, 0.4) is 0 Å². The Hall–Kier alpha value is -1.97. The van der Waals surface area contributed by atoms with Crippen molar-refractivity contribution in [1.82, 2.24) is 0 Å². The van der Waals surface area contributed by atoms with E-state index in [1.165, 1.54) is 0 Å². The summed E-state index contributed by atoms with van der Waals surface area (Å²) in [4.78, 5) is 35.8. The van der Waals surface area contributed by atoms with Crippen LogP contribution in [0.15, 0.2) is 12.1 Å². The Kier molecular flexibility index (Phi) is 4.26. The topological polar surface area (TPSA) is 71.4 Å². The van der Waals surface area contributed by atoms with Crippen LogP contribution >= 0.6 is 0 Å². The first-order chi connectivity index (χ1) is 9.81. The fourth-order valence-electron chi connectivity index (χ4n) is 3.29. The summed E-state index contributed by atoms with van der Waals surface area (Å²) >= 11 is 0. The minimum atomic E-state index is -0.875. The normalized spacial score (nSPS) is 21.3. The van der Waals surface area contributed by atoms with Crippen molar-refractivity contribution in [1.29, 1.82) is 0 Å². The monoisotopic (exact) mass is 288 g/mol. The number of rotatable bonds is 4. The summed E-state index contributed by atoms with van der Waals surface area (Å²) in [5.74, 6) is -2.72. The largest absolute Gasteiger partial charge is 0.481 e. The molecule has 1 aliphatic rings. The maximum absolute atomic E-state index is 12.5. The second kappa shape index (κ2) is 5.80. The van der Waals surface area contributed by atoms with Gasteiger partial charge < -0.3 is 5.11 Å². The van der Waals surface area contributed by atoms with Crippen LogP contribution in [0.4, 0.5) is 0 Å². The Morgan fingerprint density at radius 3 is 2.00 bits per heavy atom. The SMILES string of the molecule is Cc1cc(C)c(C(=O)C(=O)C2CCC(C(=O)O)C2)c(C)c1. The van der Waals surface area contributed by atoms with E-state index in [9.17, 15) is 14.4 Å². The van der Waals surface area contributed by atoms with Gasteiger partial charge >= 0.3 is 5.97 Å². The standard InChI is InChI=1S/C17H20O4/c1-9-6-10(2)14(11(3)7-9)16(19)15(18)12-4-5-13(8-12)17(20)21/h6-7,12-13H,4-5,8H2,1-3H3,(H,20,21). The van der Waals surface area contributed by atoms with E-state index in [1.807, 2.05) is 32.9 Å². The fourth-order valence-corrected chi connectivity index (χ4v) is 3.29. The molecule has 0 radical (unpaired) electrons. The molecule has 2 atom stereocenters. The summed E-state index contributed by atoms with van der Waals surface area (Å²) in [7, 11) is 0. The summed E-state index contributed by atoms with van der Waals surface area (Å²) in [6.07, 6.45) is 1.25. The Morgan fingerprint density at radius 1 is 1.00 bits per heavy atom. The summed E-state index contributed by atoms with van der Waals surface area (Å²) in [5.41, 5.74) is 3.14. The van der Waals surface area contributed by atoms with Crippen LogP contribution < -0.4 is 0 Å². The van der Waals surface area contributed by atoms with Gasteiger partial charge in [0, 0.05) is 11.5 Å². The van der Waals surface area contributed by atoms with E-state index in [1.54, 1.807) is 0 Å². The molecular formula is C17H20O4. The van der Waals surface area contributed by atoms with Crippen molar-refractivity contribution in [2.75, 3.05) is 0 Å². The van der Waals surface area contributed by atoms with Crippen molar-refractivity contribution in [2.24, 2.45) is 11.8 Å². The number of Topliss-reactive ketones (excluding diaryl/α,β-unsaturated/α-hetero) is 2. The van der Waals surface area contributed by atoms with Crippen LogP contribution in [0.2, 0.25) is 0 Å². The number of hydrogen-bond donors (Lipinski definition) is 1. The molecule has 0 spiro atoms. The molecule has 0 aromatic heterocycles. The molecule has 0 amide bonds. The molecule has 1 aliphatic carbocycles. The highest BCUT2D eigenvalue weighted by atomic mass is 16.4. The first-order valence-corrected chi connectivity index (χ1v) is 7.20. The summed E-state index contributed by atoms with van der Waals surface area (Å²) in [6, 6.07) is 3.78. The average Bonchev–Trinajstić information content (AvgIpc) is 2.86. The number of aryl methyl sites for hydroxylation is 3. The molecule has 1 fully saturated rings. The highest BCUT2D eigenvalue weighted by Crippen LogP contribution is 2.33. The van der Waals surface area contributed by atoms with Crippen LogP contribution in [0.1, 0.15) is 46.3 Å². The van der Waals surface area contributed by atoms with Crippen LogP contribution in [0.5, 0.6) is 0 Å². The van der Waals surface area contributed by atoms with E-state index in [0.29, 0.717) is 18.4 Å². The Balaban J connectivity index is 2.21. The van der Waals surface area contributed by atoms with Crippen LogP contribution in [0, 0.1) is 32.6 Å². The van der Waals surface area contributed by atoms with Crippen molar-refractivity contribution in [3.05, 3.63) is 34.4 Å². The van der Waals surface area contributed by atoms with E-state index in [0.717, 1.165) is 16.7 Å². The molecule has 1 N–H and O–H groups in total. The summed E-state index contributed by atoms with van der Waals surface area (Å²) in [6.45, 7) is 5.61. The number of hydrogen-bond acceptors (Lipinski definition) is 3. The van der Waals surface area contributed by atoms with Crippen molar-refractivity contribution < 1.29 is 19.5 Å². The van der Waals surface area contributed by atoms with Crippen molar-refractivity contribution in [2.45, 2.75) is 40.0 Å². The van der Waals surface area contributed by atoms with E-state index in [2.05, 4.69) is 0 Å². The lowest BCUT2D eigenvalue weighted by atomic mass is 9.89. The lowest BCUT2D eigenvalue weighted by Gasteiger charge is -2.12. The second-order valence-corrected chi connectivity index (χ2v) is 6.01. The van der Waals surface area contributed by atoms with E-state index in [4.69, 9.17) is 5.11 Å². The molecule has 2 unspecified atom stereocenters. The molecule has 0 heterocycles. The van der Waals surface area contributed by atoms with Gasteiger partial charge in [-0.2, -0.15) is 0 Å². The number of aliphatic carboxylic acids is 1. The zero-order valence-electron chi connectivity index (χ0n) is 12.6. The molecule has 2 rings (SSSR count). The van der Waals surface area contributed by atoms with Crippen molar-refractivity contribution in [3.63, 3.8) is 0 Å². The van der Waals surface area contributed by atoms with Gasteiger partial charge in [0.15, 0.2) is 0 Å². The van der Waals surface area contributed by atoms with Gasteiger partial charge in [-0.25, -0.2) is 0 Å². The molecule has 1 aromatic rings. The Labute approximate surface area is 124 Å². The number of carboxylic acids is 1. The van der Waals surface area contributed by atoms with Gasteiger partial charge in [0.2, 0.25) is 11.6 Å². The fraction of sp³-hybridized carbons (Fsp3) is 0.471. The minimum absolute atomic E-state index is 0.282. The predicted molar refractivity (Wildman–Crippen MR) is 78.5 cm³/mol. The maximum atomic E-state index is 12.5. The van der Waals surface area contributed by atoms with Gasteiger partial charge in [-0.05, 0) is 51.2 Å². The molecule has 112 valence electrons. The molecule has 21 heavy (non-hydrogen) atoms. The average molecular weight is 288 g/mol. The second-order valence-electron chi connectivity index (χ2n) is 6.01. The van der Waals surface area contributed by atoms with E-state index in [-0.39, 0.29) is 6.42 Å². The quantitative estimate of drug-likeness (QED) is 0.683. The van der Waals surface area contributed by atoms with Gasteiger partial charge in [-0.15, -0.1) is 0 Å². The number of carboxylic acid groups (broad SMARTS) is 1. The van der Waals surface area contributed by atoms with Crippen LogP contribution in [-0.4, -0.2) is 22.6 Å². The maximum Gasteiger partial charge on any atom is 0.306 e. The van der Waals surface area contributed by atoms with Gasteiger partial charge in [-0.1, -0.05) is 17.7 Å². The molecule has 0 bridgehead atoms. The highest BCUT2D eigenvalue weighted by Gasteiger charge is 2.37. The number of benzene rings is 1. The third-order valence-corrected chi connectivity index (χ3v) is 4.28. The highest BCUT2D eigenvalue weighted by molar-refractivity contribution is 6.45. The zero-order chi connectivity index (χ0) is 15.7. The first kappa shape index (κ1) is 15.4. The molecule has 4 nitrogen and oxygen atoms in total. The van der Waals surface area contributed by atoms with Gasteiger partial charge in [0.05, 0.1) is 5.92 Å². The first-order valence-electron chi connectivity index (χ1n) is 7.20. The Bertz CT molecular complexity index is 592. The summed E-state index contributed by atoms with van der Waals surface area (Å²) < 4.78 is 0. The van der Waals surface area contributed by atoms with Crippen molar-refractivity contribution >= 4 is 17.5 Å². The van der Waals surface area contributed by atoms with Gasteiger partial charge in [-0.3, -0.25) is 14.4 Å². The molecule has 0 aliphatic heterocycles. The van der Waals surface area contributed by atoms with Crippen molar-refractivity contribution in [3.8, 4) is 0 Å². The van der Waals surface area contributed by atoms with Crippen LogP contribution in [0.25, 0.3) is 0 Å². The summed E-state index contributed by atoms with van der Waals surface area (Å²) in [5, 5.41) is 8.99. The van der Waals surface area contributed by atoms with E-state index < -0.39 is 29.4 Å². The molecule has 1 saturated carbocycles. The Morgan fingerprint density at radius 2 is 1.52 bits per heavy atom. The number of ketones is 2. The molecular weight excluding hydrogens is 268 g/mol. The lowest BCUT2D eigenvalue weighted by Crippen LogP contribution is -2.24. The zero-order valence-corrected chi connectivity index (χ0v) is 12.6. The third kappa shape index (κ3) is 3.04. The van der Waals surface area contributed by atoms with Gasteiger partial charge in [0.1, 0.15) is 0 Å². The third-order valence-electron chi connectivity index (χ3n) is 4.28.